The number of aromatic nitrogens is 2. The topological polar surface area (TPSA) is 38.1 Å². The van der Waals surface area contributed by atoms with Crippen LogP contribution in [0.5, 0.6) is 0 Å². The smallest absolute Gasteiger partial charge is 0.116 e. The summed E-state index contributed by atoms with van der Waals surface area (Å²) in [5.41, 5.74) is 4.61. The van der Waals surface area contributed by atoms with Gasteiger partial charge in [-0.25, -0.2) is 9.97 Å². The second-order valence-electron chi connectivity index (χ2n) is 6.61. The third-order valence-electron chi connectivity index (χ3n) is 3.17. The molecule has 19 heavy (non-hydrogen) atoms. The molecule has 1 aromatic rings. The quantitative estimate of drug-likeness (QED) is 0.830. The number of hydrogen-bond donors (Lipinski definition) is 0. The van der Waals surface area contributed by atoms with E-state index in [4.69, 9.17) is 0 Å². The minimum absolute atomic E-state index is 0.107. The molecule has 0 aromatic carbocycles. The molecular weight excluding hydrogens is 234 g/mol. The maximum atomic E-state index is 4.62. The first-order chi connectivity index (χ1) is 8.86. The molecule has 2 rings (SSSR count). The summed E-state index contributed by atoms with van der Waals surface area (Å²) in [6.07, 6.45) is 4.85. The fraction of sp³-hybridized carbons (Fsp3) is 0.562. The second kappa shape index (κ2) is 5.24. The van der Waals surface area contributed by atoms with E-state index in [1.54, 1.807) is 6.33 Å². The van der Waals surface area contributed by atoms with Crippen molar-refractivity contribution < 1.29 is 0 Å². The molecule has 1 aromatic heterocycles. The van der Waals surface area contributed by atoms with Crippen molar-refractivity contribution in [1.82, 2.24) is 9.97 Å². The van der Waals surface area contributed by atoms with Crippen LogP contribution in [0.3, 0.4) is 0 Å². The third kappa shape index (κ3) is 3.49. The van der Waals surface area contributed by atoms with E-state index < -0.39 is 0 Å². The van der Waals surface area contributed by atoms with Crippen LogP contribution in [-0.2, 0) is 6.42 Å². The van der Waals surface area contributed by atoms with Gasteiger partial charge in [0, 0.05) is 22.4 Å². The molecule has 1 aliphatic heterocycles. The summed E-state index contributed by atoms with van der Waals surface area (Å²) in [6.45, 7) is 11.7. The third-order valence-corrected chi connectivity index (χ3v) is 3.17. The van der Waals surface area contributed by atoms with Gasteiger partial charge in [-0.2, -0.15) is 0 Å². The van der Waals surface area contributed by atoms with Crippen LogP contribution >= 0.6 is 0 Å². The zero-order valence-electron chi connectivity index (χ0n) is 12.6. The number of allylic oxidation sites excluding steroid dienone is 1. The molecule has 0 amide bonds. The predicted molar refractivity (Wildman–Crippen MR) is 80.3 cm³/mol. The van der Waals surface area contributed by atoms with Gasteiger partial charge in [0.25, 0.3) is 0 Å². The van der Waals surface area contributed by atoms with Crippen LogP contribution in [0.1, 0.15) is 46.0 Å². The Morgan fingerprint density at radius 3 is 2.53 bits per heavy atom. The first kappa shape index (κ1) is 13.9. The lowest BCUT2D eigenvalue weighted by molar-refractivity contribution is 0.594. The van der Waals surface area contributed by atoms with Gasteiger partial charge in [0.15, 0.2) is 0 Å². The normalized spacial score (nSPS) is 15.7. The van der Waals surface area contributed by atoms with Crippen LogP contribution in [-0.4, -0.2) is 22.2 Å². The van der Waals surface area contributed by atoms with Crippen LogP contribution in [0, 0.1) is 11.3 Å². The SMILES string of the molecule is CC(C)Cc1cc(C2=CC(C(C)(C)C)=NC2)ncn1. The van der Waals surface area contributed by atoms with Gasteiger partial charge in [0.2, 0.25) is 0 Å². The molecule has 3 nitrogen and oxygen atoms in total. The van der Waals surface area contributed by atoms with Crippen LogP contribution in [0.2, 0.25) is 0 Å². The highest BCUT2D eigenvalue weighted by Gasteiger charge is 2.22. The van der Waals surface area contributed by atoms with Gasteiger partial charge in [0.1, 0.15) is 6.33 Å². The standard InChI is InChI=1S/C16H23N3/c1-11(2)6-13-8-14(19-10-18-13)12-7-15(17-9-12)16(3,4)5/h7-8,10-11H,6,9H2,1-5H3. The summed E-state index contributed by atoms with van der Waals surface area (Å²) in [6, 6.07) is 2.10. The number of rotatable bonds is 3. The van der Waals surface area contributed by atoms with E-state index >= 15 is 0 Å². The Hall–Kier alpha value is -1.51. The van der Waals surface area contributed by atoms with Crippen LogP contribution in [0.15, 0.2) is 23.5 Å². The Morgan fingerprint density at radius 2 is 1.95 bits per heavy atom. The van der Waals surface area contributed by atoms with E-state index in [1.165, 1.54) is 5.57 Å². The van der Waals surface area contributed by atoms with Gasteiger partial charge in [-0.05, 0) is 24.5 Å². The molecule has 0 atom stereocenters. The van der Waals surface area contributed by atoms with E-state index in [2.05, 4.69) is 61.7 Å². The molecule has 0 fully saturated rings. The van der Waals surface area contributed by atoms with Crippen molar-refractivity contribution in [1.29, 1.82) is 0 Å². The van der Waals surface area contributed by atoms with Gasteiger partial charge in [-0.1, -0.05) is 34.6 Å². The first-order valence-corrected chi connectivity index (χ1v) is 6.93. The highest BCUT2D eigenvalue weighted by atomic mass is 14.9. The molecule has 3 heteroatoms. The lowest BCUT2D eigenvalue weighted by Crippen LogP contribution is -2.16. The Kier molecular flexibility index (Phi) is 3.83. The predicted octanol–water partition coefficient (Wildman–Crippen LogP) is 3.56. The summed E-state index contributed by atoms with van der Waals surface area (Å²) < 4.78 is 0. The van der Waals surface area contributed by atoms with Crippen molar-refractivity contribution in [3.8, 4) is 0 Å². The Labute approximate surface area is 115 Å². The maximum Gasteiger partial charge on any atom is 0.116 e. The molecule has 2 heterocycles. The molecule has 1 aliphatic rings. The van der Waals surface area contributed by atoms with Crippen molar-refractivity contribution >= 4 is 11.3 Å². The molecule has 0 N–H and O–H groups in total. The fourth-order valence-corrected chi connectivity index (χ4v) is 2.14. The van der Waals surface area contributed by atoms with Crippen LogP contribution in [0.25, 0.3) is 5.57 Å². The molecule has 102 valence electrons. The van der Waals surface area contributed by atoms with E-state index in [0.29, 0.717) is 5.92 Å². The molecule has 0 saturated heterocycles. The Balaban J connectivity index is 2.21. The number of hydrogen-bond acceptors (Lipinski definition) is 3. The van der Waals surface area contributed by atoms with E-state index in [9.17, 15) is 0 Å². The molecule has 0 bridgehead atoms. The van der Waals surface area contributed by atoms with Gasteiger partial charge >= 0.3 is 0 Å². The molecular formula is C16H23N3. The summed E-state index contributed by atoms with van der Waals surface area (Å²) in [5.74, 6) is 0.613. The lowest BCUT2D eigenvalue weighted by atomic mass is 9.89. The van der Waals surface area contributed by atoms with E-state index in [-0.39, 0.29) is 5.41 Å². The maximum absolute atomic E-state index is 4.62. The fourth-order valence-electron chi connectivity index (χ4n) is 2.14. The summed E-state index contributed by atoms with van der Waals surface area (Å²) in [4.78, 5) is 13.4. The van der Waals surface area contributed by atoms with E-state index in [1.807, 2.05) is 0 Å². The average Bonchev–Trinajstić information content (AvgIpc) is 2.77. The van der Waals surface area contributed by atoms with Crippen molar-refractivity contribution in [2.75, 3.05) is 6.54 Å². The largest absolute Gasteiger partial charge is 0.284 e. The highest BCUT2D eigenvalue weighted by Crippen LogP contribution is 2.26. The van der Waals surface area contributed by atoms with Crippen LogP contribution in [0.4, 0.5) is 0 Å². The second-order valence-corrected chi connectivity index (χ2v) is 6.61. The molecule has 0 unspecified atom stereocenters. The molecule has 0 saturated carbocycles. The minimum Gasteiger partial charge on any atom is -0.284 e. The first-order valence-electron chi connectivity index (χ1n) is 6.93. The average molecular weight is 257 g/mol. The van der Waals surface area contributed by atoms with Gasteiger partial charge in [0.05, 0.1) is 12.2 Å². The summed E-state index contributed by atoms with van der Waals surface area (Å²) in [7, 11) is 0. The molecule has 0 radical (unpaired) electrons. The van der Waals surface area contributed by atoms with Crippen molar-refractivity contribution in [2.24, 2.45) is 16.3 Å². The van der Waals surface area contributed by atoms with Crippen molar-refractivity contribution in [2.45, 2.75) is 41.0 Å². The lowest BCUT2D eigenvalue weighted by Gasteiger charge is -2.16. The van der Waals surface area contributed by atoms with E-state index in [0.717, 1.165) is 30.1 Å². The Bertz CT molecular complexity index is 519. The van der Waals surface area contributed by atoms with Crippen molar-refractivity contribution in [3.05, 3.63) is 29.9 Å². The number of nitrogens with zero attached hydrogens (tertiary/aromatic N) is 3. The monoisotopic (exact) mass is 257 g/mol. The molecule has 0 aliphatic carbocycles. The van der Waals surface area contributed by atoms with Crippen LogP contribution < -0.4 is 0 Å². The summed E-state index contributed by atoms with van der Waals surface area (Å²) >= 11 is 0. The van der Waals surface area contributed by atoms with Crippen molar-refractivity contribution in [3.63, 3.8) is 0 Å². The zero-order valence-corrected chi connectivity index (χ0v) is 12.6. The Morgan fingerprint density at radius 1 is 1.21 bits per heavy atom. The number of aliphatic imine (C=N–C) groups is 1. The summed E-state index contributed by atoms with van der Waals surface area (Å²) in [5, 5.41) is 0. The minimum atomic E-state index is 0.107. The highest BCUT2D eigenvalue weighted by molar-refractivity contribution is 6.07. The van der Waals surface area contributed by atoms with Gasteiger partial charge in [-0.15, -0.1) is 0 Å². The van der Waals surface area contributed by atoms with Gasteiger partial charge < -0.3 is 0 Å². The zero-order chi connectivity index (χ0) is 14.0. The van der Waals surface area contributed by atoms with Gasteiger partial charge in [-0.3, -0.25) is 4.99 Å². The molecule has 0 spiro atoms.